The quantitative estimate of drug-likeness (QED) is 0.168. The molecular formula is C35H33ClN6O4. The second kappa shape index (κ2) is 12.0. The lowest BCUT2D eigenvalue weighted by atomic mass is 10.0. The van der Waals surface area contributed by atoms with E-state index in [0.717, 1.165) is 40.3 Å². The maximum Gasteiger partial charge on any atom is 0.415 e. The van der Waals surface area contributed by atoms with E-state index in [0.29, 0.717) is 53.6 Å². The molecule has 10 nitrogen and oxygen atoms in total. The summed E-state index contributed by atoms with van der Waals surface area (Å²) in [6.07, 6.45) is 0.164. The summed E-state index contributed by atoms with van der Waals surface area (Å²) >= 11 is 6.47. The van der Waals surface area contributed by atoms with Crippen molar-refractivity contribution in [3.63, 3.8) is 0 Å². The van der Waals surface area contributed by atoms with Gasteiger partial charge >= 0.3 is 6.09 Å². The van der Waals surface area contributed by atoms with Crippen LogP contribution in [-0.4, -0.2) is 77.8 Å². The second-order valence-electron chi connectivity index (χ2n) is 11.8. The van der Waals surface area contributed by atoms with Crippen LogP contribution in [0.1, 0.15) is 26.4 Å². The third-order valence-electron chi connectivity index (χ3n) is 8.80. The van der Waals surface area contributed by atoms with E-state index in [9.17, 15) is 14.4 Å². The van der Waals surface area contributed by atoms with Crippen molar-refractivity contribution in [3.05, 3.63) is 95.7 Å². The summed E-state index contributed by atoms with van der Waals surface area (Å²) < 4.78 is 6.01. The van der Waals surface area contributed by atoms with Gasteiger partial charge in [0.2, 0.25) is 0 Å². The number of hydrogen-bond donors (Lipinski definition) is 3. The highest BCUT2D eigenvalue weighted by molar-refractivity contribution is 6.20. The van der Waals surface area contributed by atoms with E-state index in [1.807, 2.05) is 43.4 Å². The molecule has 0 spiro atoms. The number of fused-ring (bicyclic) bond motifs is 4. The maximum absolute atomic E-state index is 14.2. The zero-order valence-electron chi connectivity index (χ0n) is 25.3. The molecule has 3 heterocycles. The van der Waals surface area contributed by atoms with Gasteiger partial charge in [-0.1, -0.05) is 24.3 Å². The van der Waals surface area contributed by atoms with E-state index in [-0.39, 0.29) is 23.7 Å². The molecule has 0 radical (unpaired) electrons. The van der Waals surface area contributed by atoms with E-state index < -0.39 is 6.09 Å². The Morgan fingerprint density at radius 1 is 0.957 bits per heavy atom. The summed E-state index contributed by atoms with van der Waals surface area (Å²) in [5, 5.41) is 5.40. The van der Waals surface area contributed by atoms with Crippen molar-refractivity contribution in [3.8, 4) is 5.75 Å². The molecule has 4 N–H and O–H groups in total. The molecule has 1 saturated heterocycles. The molecule has 11 heteroatoms. The number of amides is 3. The molecule has 7 rings (SSSR count). The number of ether oxygens (including phenoxy) is 1. The first-order valence-electron chi connectivity index (χ1n) is 15.2. The third-order valence-corrected chi connectivity index (χ3v) is 9.15. The van der Waals surface area contributed by atoms with Crippen molar-refractivity contribution in [2.24, 2.45) is 0 Å². The summed E-state index contributed by atoms with van der Waals surface area (Å²) in [5.74, 6) is 0.123. The Morgan fingerprint density at radius 2 is 1.70 bits per heavy atom. The molecule has 3 amide bonds. The van der Waals surface area contributed by atoms with Crippen LogP contribution in [0.4, 0.5) is 21.9 Å². The van der Waals surface area contributed by atoms with Gasteiger partial charge in [0.15, 0.2) is 0 Å². The van der Waals surface area contributed by atoms with Gasteiger partial charge in [0.1, 0.15) is 11.4 Å². The molecular weight excluding hydrogens is 604 g/mol. The van der Waals surface area contributed by atoms with Crippen molar-refractivity contribution in [1.82, 2.24) is 14.8 Å². The number of likely N-dealkylation sites (N-methyl/N-ethyl adjacent to an activating group) is 1. The van der Waals surface area contributed by atoms with E-state index in [1.165, 1.54) is 0 Å². The Kier molecular flexibility index (Phi) is 7.75. The number of carbonyl (C=O) groups is 3. The number of carbonyl (C=O) groups excluding carboxylic acids is 3. The first kappa shape index (κ1) is 29.6. The molecule has 1 fully saturated rings. The standard InChI is InChI=1S/C35H33ClN6O4/c1-40-12-14-41(15-13-40)35(45)46-32-19-31-28(26-4-2-3-5-27(26)32)18-25(20-36)42(31)34(44)30-17-22-16-24(10-11-29(22)39-30)38-33(43)21-6-8-23(37)9-7-21/h2-11,16-17,19,25,39H,12-15,18,20,37H2,1H3,(H,38,43)/t25-/m0/s1. The molecule has 4 aromatic carbocycles. The summed E-state index contributed by atoms with van der Waals surface area (Å²) in [6.45, 7) is 2.73. The van der Waals surface area contributed by atoms with Gasteiger partial charge in [-0.3, -0.25) is 9.59 Å². The number of nitrogen functional groups attached to an aromatic ring is 1. The highest BCUT2D eigenvalue weighted by atomic mass is 35.5. The van der Waals surface area contributed by atoms with Crippen LogP contribution in [0.3, 0.4) is 0 Å². The first-order valence-corrected chi connectivity index (χ1v) is 15.7. The molecule has 0 aliphatic carbocycles. The van der Waals surface area contributed by atoms with Gasteiger partial charge in [0, 0.05) is 71.4 Å². The van der Waals surface area contributed by atoms with Crippen molar-refractivity contribution in [2.45, 2.75) is 12.5 Å². The number of nitrogens with two attached hydrogens (primary N) is 1. The maximum atomic E-state index is 14.2. The van der Waals surface area contributed by atoms with Gasteiger partial charge < -0.3 is 35.5 Å². The lowest BCUT2D eigenvalue weighted by Gasteiger charge is -2.31. The van der Waals surface area contributed by atoms with Crippen LogP contribution in [0.25, 0.3) is 21.7 Å². The number of nitrogens with one attached hydrogen (secondary N) is 2. The average molecular weight is 637 g/mol. The van der Waals surface area contributed by atoms with Gasteiger partial charge in [0.05, 0.1) is 11.7 Å². The highest BCUT2D eigenvalue weighted by Crippen LogP contribution is 2.43. The Labute approximate surface area is 270 Å². The van der Waals surface area contributed by atoms with E-state index in [4.69, 9.17) is 22.1 Å². The summed E-state index contributed by atoms with van der Waals surface area (Å²) in [6, 6.07) is 23.2. The van der Waals surface area contributed by atoms with Crippen LogP contribution in [0.2, 0.25) is 0 Å². The number of alkyl halides is 1. The zero-order valence-corrected chi connectivity index (χ0v) is 26.0. The van der Waals surface area contributed by atoms with E-state index >= 15 is 0 Å². The fourth-order valence-corrected chi connectivity index (χ4v) is 6.51. The number of anilines is 3. The molecule has 0 bridgehead atoms. The average Bonchev–Trinajstić information content (AvgIpc) is 3.66. The zero-order chi connectivity index (χ0) is 31.9. The topological polar surface area (TPSA) is 124 Å². The van der Waals surface area contributed by atoms with Crippen LogP contribution in [0, 0.1) is 0 Å². The predicted octanol–water partition coefficient (Wildman–Crippen LogP) is 5.71. The number of halogens is 1. The Hall–Kier alpha value is -5.06. The number of hydrogen-bond acceptors (Lipinski definition) is 6. The number of rotatable bonds is 5. The molecule has 1 aromatic heterocycles. The fourth-order valence-electron chi connectivity index (χ4n) is 6.27. The monoisotopic (exact) mass is 636 g/mol. The van der Waals surface area contributed by atoms with Crippen molar-refractivity contribution < 1.29 is 19.1 Å². The molecule has 2 aliphatic heterocycles. The van der Waals surface area contributed by atoms with Crippen LogP contribution in [-0.2, 0) is 6.42 Å². The van der Waals surface area contributed by atoms with E-state index in [1.54, 1.807) is 52.3 Å². The predicted molar refractivity (Wildman–Crippen MR) is 181 cm³/mol. The molecule has 1 atom stereocenters. The first-order chi connectivity index (χ1) is 22.3. The third kappa shape index (κ3) is 5.50. The van der Waals surface area contributed by atoms with Crippen LogP contribution >= 0.6 is 11.6 Å². The van der Waals surface area contributed by atoms with Crippen molar-refractivity contribution in [1.29, 1.82) is 0 Å². The van der Waals surface area contributed by atoms with Crippen LogP contribution in [0.15, 0.2) is 78.9 Å². The number of aromatic nitrogens is 1. The molecule has 46 heavy (non-hydrogen) atoms. The lowest BCUT2D eigenvalue weighted by molar-refractivity contribution is 0.0976. The minimum absolute atomic E-state index is 0.229. The molecule has 2 aliphatic rings. The molecule has 5 aromatic rings. The minimum Gasteiger partial charge on any atom is -0.409 e. The second-order valence-corrected chi connectivity index (χ2v) is 12.1. The Bertz CT molecular complexity index is 1980. The van der Waals surface area contributed by atoms with Gasteiger partial charge in [-0.25, -0.2) is 4.79 Å². The minimum atomic E-state index is -0.405. The highest BCUT2D eigenvalue weighted by Gasteiger charge is 2.37. The Balaban J connectivity index is 1.19. The fraction of sp³-hybridized carbons (Fsp3) is 0.229. The number of aromatic amines is 1. The number of piperazine rings is 1. The lowest BCUT2D eigenvalue weighted by Crippen LogP contribution is -2.48. The summed E-state index contributed by atoms with van der Waals surface area (Å²) in [4.78, 5) is 49.0. The van der Waals surface area contributed by atoms with Gasteiger partial charge in [-0.05, 0) is 72.9 Å². The Morgan fingerprint density at radius 3 is 2.43 bits per heavy atom. The number of H-pyrrole nitrogens is 1. The van der Waals surface area contributed by atoms with Crippen molar-refractivity contribution >= 4 is 68.2 Å². The number of benzene rings is 4. The molecule has 0 saturated carbocycles. The smallest absolute Gasteiger partial charge is 0.409 e. The van der Waals surface area contributed by atoms with Gasteiger partial charge in [-0.15, -0.1) is 11.6 Å². The summed E-state index contributed by atoms with van der Waals surface area (Å²) in [7, 11) is 2.03. The largest absolute Gasteiger partial charge is 0.415 e. The van der Waals surface area contributed by atoms with E-state index in [2.05, 4.69) is 15.2 Å². The van der Waals surface area contributed by atoms with Gasteiger partial charge in [-0.2, -0.15) is 0 Å². The van der Waals surface area contributed by atoms with Gasteiger partial charge in [0.25, 0.3) is 11.8 Å². The van der Waals surface area contributed by atoms with Crippen LogP contribution < -0.4 is 20.7 Å². The SMILES string of the molecule is CN1CCN(C(=O)Oc2cc3c(c4ccccc24)C[C@@H](CCl)N3C(=O)c2cc3cc(NC(=O)c4ccc(N)cc4)ccc3[nH]2)CC1. The normalized spacial score (nSPS) is 16.5. The van der Waals surface area contributed by atoms with Crippen molar-refractivity contribution in [2.75, 3.05) is 55.1 Å². The molecule has 0 unspecified atom stereocenters. The number of nitrogens with zero attached hydrogens (tertiary/aromatic N) is 3. The summed E-state index contributed by atoms with van der Waals surface area (Å²) in [5.41, 5.74) is 10.2. The van der Waals surface area contributed by atoms with Crippen LogP contribution in [0.5, 0.6) is 5.75 Å². The molecule has 234 valence electrons.